The minimum absolute atomic E-state index is 0.0311. The Hall–Kier alpha value is -1.33. The van der Waals surface area contributed by atoms with Gasteiger partial charge in [-0.05, 0) is 26.3 Å². The number of benzene rings is 1. The highest BCUT2D eigenvalue weighted by atomic mass is 32.1. The summed E-state index contributed by atoms with van der Waals surface area (Å²) in [5.74, 6) is -0.318. The summed E-state index contributed by atoms with van der Waals surface area (Å²) in [6.45, 7) is 2.53. The molecule has 1 rings (SSSR count). The van der Waals surface area contributed by atoms with Crippen LogP contribution in [0.5, 0.6) is 0 Å². The molecule has 5 heteroatoms. The van der Waals surface area contributed by atoms with Crippen LogP contribution in [-0.2, 0) is 4.79 Å². The van der Waals surface area contributed by atoms with E-state index in [-0.39, 0.29) is 12.2 Å². The van der Waals surface area contributed by atoms with Gasteiger partial charge >= 0.3 is 5.97 Å². The summed E-state index contributed by atoms with van der Waals surface area (Å²) in [6.07, 6.45) is 2.55. The summed E-state index contributed by atoms with van der Waals surface area (Å²) in [5, 5.41) is 11.8. The Morgan fingerprint density at radius 3 is 2.43 bits per heavy atom. The van der Waals surface area contributed by atoms with Gasteiger partial charge in [0.25, 0.3) is 0 Å². The van der Waals surface area contributed by atoms with Crippen LogP contribution in [-0.4, -0.2) is 34.7 Å². The van der Waals surface area contributed by atoms with Crippen LogP contribution in [0.3, 0.4) is 0 Å². The number of thiol groups is 1. The van der Waals surface area contributed by atoms with Gasteiger partial charge in [-0.25, -0.2) is 0 Å². The molecule has 0 aromatic heterocycles. The molecule has 0 amide bonds. The summed E-state index contributed by atoms with van der Waals surface area (Å²) in [6, 6.07) is 9.18. The van der Waals surface area contributed by atoms with Gasteiger partial charge in [0, 0.05) is 17.7 Å². The topological polar surface area (TPSA) is 66.4 Å². The molecule has 0 spiro atoms. The Labute approximate surface area is 131 Å². The van der Waals surface area contributed by atoms with E-state index < -0.39 is 11.5 Å². The van der Waals surface area contributed by atoms with Gasteiger partial charge in [-0.1, -0.05) is 36.8 Å². The first-order valence-electron chi connectivity index (χ1n) is 7.17. The fourth-order valence-electron chi connectivity index (χ4n) is 2.06. The maximum absolute atomic E-state index is 12.5. The van der Waals surface area contributed by atoms with Crippen molar-refractivity contribution in [1.29, 1.82) is 0 Å². The third kappa shape index (κ3) is 5.89. The number of nitrogens with one attached hydrogen (secondary N) is 1. The molecule has 0 radical (unpaired) electrons. The van der Waals surface area contributed by atoms with Crippen molar-refractivity contribution in [2.75, 3.05) is 12.3 Å². The van der Waals surface area contributed by atoms with Crippen LogP contribution in [0.4, 0.5) is 0 Å². The Balaban J connectivity index is 2.45. The highest BCUT2D eigenvalue weighted by Gasteiger charge is 2.31. The van der Waals surface area contributed by atoms with Crippen molar-refractivity contribution in [1.82, 2.24) is 5.32 Å². The van der Waals surface area contributed by atoms with Crippen molar-refractivity contribution in [2.24, 2.45) is 0 Å². The average Bonchev–Trinajstić information content (AvgIpc) is 2.50. The summed E-state index contributed by atoms with van der Waals surface area (Å²) in [5.41, 5.74) is -0.0236. The van der Waals surface area contributed by atoms with E-state index in [2.05, 4.69) is 17.9 Å². The van der Waals surface area contributed by atoms with Crippen LogP contribution in [0.1, 0.15) is 43.0 Å². The van der Waals surface area contributed by atoms with E-state index in [0.717, 1.165) is 12.8 Å². The van der Waals surface area contributed by atoms with E-state index in [9.17, 15) is 9.59 Å². The van der Waals surface area contributed by atoms with Crippen molar-refractivity contribution in [3.63, 3.8) is 0 Å². The first-order chi connectivity index (χ1) is 9.99. The smallest absolute Gasteiger partial charge is 0.303 e. The van der Waals surface area contributed by atoms with Gasteiger partial charge < -0.3 is 10.4 Å². The second-order valence-electron chi connectivity index (χ2n) is 5.32. The highest BCUT2D eigenvalue weighted by molar-refractivity contribution is 7.80. The molecular weight excluding hydrogens is 286 g/mol. The minimum atomic E-state index is -0.762. The average molecular weight is 309 g/mol. The molecule has 0 aliphatic rings. The molecule has 0 heterocycles. The number of carboxylic acid groups (broad SMARTS) is 1. The summed E-state index contributed by atoms with van der Waals surface area (Å²) < 4.78 is 0. The number of hydrogen-bond donors (Lipinski definition) is 3. The van der Waals surface area contributed by atoms with E-state index in [4.69, 9.17) is 5.11 Å². The number of carbonyl (C=O) groups is 2. The van der Waals surface area contributed by atoms with E-state index >= 15 is 0 Å². The molecule has 0 aliphatic carbocycles. The zero-order valence-electron chi connectivity index (χ0n) is 12.3. The zero-order chi connectivity index (χ0) is 15.7. The number of ketones is 1. The maximum Gasteiger partial charge on any atom is 0.303 e. The molecule has 0 aliphatic heterocycles. The van der Waals surface area contributed by atoms with Crippen LogP contribution in [0.15, 0.2) is 30.3 Å². The minimum Gasteiger partial charge on any atom is -0.481 e. The molecule has 0 saturated heterocycles. The fraction of sp³-hybridized carbons (Fsp3) is 0.500. The quantitative estimate of drug-likeness (QED) is 0.353. The molecule has 116 valence electrons. The molecule has 4 nitrogen and oxygen atoms in total. The van der Waals surface area contributed by atoms with Crippen LogP contribution < -0.4 is 5.32 Å². The number of rotatable bonds is 10. The predicted octanol–water partition coefficient (Wildman–Crippen LogP) is 2.79. The van der Waals surface area contributed by atoms with Crippen molar-refractivity contribution in [2.45, 2.75) is 38.1 Å². The SMILES string of the molecule is CC(CS)(NCCCCCC(=O)O)C(=O)c1ccccc1. The third-order valence-electron chi connectivity index (χ3n) is 3.44. The maximum atomic E-state index is 12.5. The number of Topliss-reactive ketones (excluding diaryl/α,β-unsaturated/α-hetero) is 1. The standard InChI is InChI=1S/C16H23NO3S/c1-16(12-21,15(20)13-8-4-2-5-9-13)17-11-7-3-6-10-14(18)19/h2,4-5,8-9,17,21H,3,6-7,10-12H2,1H3,(H,18,19). The molecule has 1 unspecified atom stereocenters. The van der Waals surface area contributed by atoms with Gasteiger partial charge in [-0.2, -0.15) is 12.6 Å². The van der Waals surface area contributed by atoms with Gasteiger partial charge in [0.2, 0.25) is 0 Å². The van der Waals surface area contributed by atoms with Gasteiger partial charge in [-0.15, -0.1) is 0 Å². The van der Waals surface area contributed by atoms with Gasteiger partial charge in [-0.3, -0.25) is 9.59 Å². The lowest BCUT2D eigenvalue weighted by atomic mass is 9.92. The summed E-state index contributed by atoms with van der Waals surface area (Å²) >= 11 is 4.30. The molecule has 1 atom stereocenters. The molecule has 0 fully saturated rings. The van der Waals surface area contributed by atoms with Gasteiger partial charge in [0.05, 0.1) is 5.54 Å². The normalized spacial score (nSPS) is 13.6. The lowest BCUT2D eigenvalue weighted by molar-refractivity contribution is -0.137. The van der Waals surface area contributed by atoms with Crippen molar-refractivity contribution in [3.05, 3.63) is 35.9 Å². The molecular formula is C16H23NO3S. The molecule has 2 N–H and O–H groups in total. The molecule has 0 saturated carbocycles. The predicted molar refractivity (Wildman–Crippen MR) is 87.1 cm³/mol. The first-order valence-corrected chi connectivity index (χ1v) is 7.80. The third-order valence-corrected chi connectivity index (χ3v) is 4.07. The Bertz CT molecular complexity index is 464. The zero-order valence-corrected chi connectivity index (χ0v) is 13.2. The van der Waals surface area contributed by atoms with E-state index in [1.54, 1.807) is 12.1 Å². The van der Waals surface area contributed by atoms with Crippen LogP contribution in [0.25, 0.3) is 0 Å². The Morgan fingerprint density at radius 1 is 1.19 bits per heavy atom. The second-order valence-corrected chi connectivity index (χ2v) is 5.63. The van der Waals surface area contributed by atoms with Crippen molar-refractivity contribution >= 4 is 24.4 Å². The highest BCUT2D eigenvalue weighted by Crippen LogP contribution is 2.15. The molecule has 1 aromatic rings. The monoisotopic (exact) mass is 309 g/mol. The number of carbonyl (C=O) groups excluding carboxylic acids is 1. The Kier molecular flexibility index (Phi) is 7.47. The van der Waals surface area contributed by atoms with Gasteiger partial charge in [0.15, 0.2) is 5.78 Å². The summed E-state index contributed by atoms with van der Waals surface area (Å²) in [4.78, 5) is 22.9. The first kappa shape index (κ1) is 17.7. The van der Waals surface area contributed by atoms with Crippen LogP contribution >= 0.6 is 12.6 Å². The van der Waals surface area contributed by atoms with Crippen molar-refractivity contribution < 1.29 is 14.7 Å². The van der Waals surface area contributed by atoms with Gasteiger partial charge in [0.1, 0.15) is 0 Å². The lowest BCUT2D eigenvalue weighted by Crippen LogP contribution is -2.51. The molecule has 1 aromatic carbocycles. The van der Waals surface area contributed by atoms with Crippen LogP contribution in [0.2, 0.25) is 0 Å². The van der Waals surface area contributed by atoms with E-state index in [1.165, 1.54) is 0 Å². The van der Waals surface area contributed by atoms with E-state index in [0.29, 0.717) is 24.3 Å². The van der Waals surface area contributed by atoms with Crippen LogP contribution in [0, 0.1) is 0 Å². The second kappa shape index (κ2) is 8.85. The Morgan fingerprint density at radius 2 is 1.86 bits per heavy atom. The number of unbranched alkanes of at least 4 members (excludes halogenated alkanes) is 2. The number of hydrogen-bond acceptors (Lipinski definition) is 4. The van der Waals surface area contributed by atoms with E-state index in [1.807, 2.05) is 25.1 Å². The molecule has 21 heavy (non-hydrogen) atoms. The number of aliphatic carboxylic acids is 1. The lowest BCUT2D eigenvalue weighted by Gasteiger charge is -2.28. The number of carboxylic acids is 1. The fourth-order valence-corrected chi connectivity index (χ4v) is 2.31. The largest absolute Gasteiger partial charge is 0.481 e. The summed E-state index contributed by atoms with van der Waals surface area (Å²) in [7, 11) is 0. The molecule has 0 bridgehead atoms. The van der Waals surface area contributed by atoms with Crippen molar-refractivity contribution in [3.8, 4) is 0 Å².